The van der Waals surface area contributed by atoms with Crippen LogP contribution in [-0.2, 0) is 0 Å². The highest BCUT2D eigenvalue weighted by molar-refractivity contribution is 8.00. The zero-order valence-electron chi connectivity index (χ0n) is 12.0. The van der Waals surface area contributed by atoms with Crippen molar-refractivity contribution in [2.75, 3.05) is 12.3 Å². The van der Waals surface area contributed by atoms with E-state index < -0.39 is 0 Å². The number of rotatable bonds is 5. The van der Waals surface area contributed by atoms with Gasteiger partial charge in [0.25, 0.3) is 0 Å². The molecule has 1 aliphatic rings. The van der Waals surface area contributed by atoms with Gasteiger partial charge in [0.2, 0.25) is 0 Å². The number of thioether (sulfide) groups is 1. The first-order valence-corrected chi connectivity index (χ1v) is 8.26. The standard InChI is InChI=1S/C16H25NOS/c1-3-10-18-14-8-5-9-15(16(14)17)19-13-7-4-6-12(2)11-13/h5,8-9,12-13H,3-4,6-7,10-11,17H2,1-2H3. The first kappa shape index (κ1) is 14.6. The van der Waals surface area contributed by atoms with Crippen molar-refractivity contribution in [3.63, 3.8) is 0 Å². The summed E-state index contributed by atoms with van der Waals surface area (Å²) in [5.41, 5.74) is 7.05. The van der Waals surface area contributed by atoms with E-state index in [1.807, 2.05) is 17.8 Å². The van der Waals surface area contributed by atoms with Gasteiger partial charge >= 0.3 is 0 Å². The zero-order chi connectivity index (χ0) is 13.7. The third-order valence-electron chi connectivity index (χ3n) is 3.67. The van der Waals surface area contributed by atoms with Crippen LogP contribution in [0.3, 0.4) is 0 Å². The summed E-state index contributed by atoms with van der Waals surface area (Å²) in [6.45, 7) is 5.20. The third kappa shape index (κ3) is 4.07. The summed E-state index contributed by atoms with van der Waals surface area (Å²) < 4.78 is 5.70. The second-order valence-corrected chi connectivity index (χ2v) is 6.87. The Morgan fingerprint density at radius 2 is 2.21 bits per heavy atom. The third-order valence-corrected chi connectivity index (χ3v) is 5.04. The summed E-state index contributed by atoms with van der Waals surface area (Å²) >= 11 is 1.94. The highest BCUT2D eigenvalue weighted by Gasteiger charge is 2.21. The molecular weight excluding hydrogens is 254 g/mol. The lowest BCUT2D eigenvalue weighted by atomic mass is 9.91. The fraction of sp³-hybridized carbons (Fsp3) is 0.625. The van der Waals surface area contributed by atoms with E-state index in [0.29, 0.717) is 5.25 Å². The van der Waals surface area contributed by atoms with Crippen molar-refractivity contribution in [2.24, 2.45) is 5.92 Å². The Morgan fingerprint density at radius 3 is 2.95 bits per heavy atom. The van der Waals surface area contributed by atoms with Crippen molar-refractivity contribution in [3.8, 4) is 5.75 Å². The van der Waals surface area contributed by atoms with Crippen LogP contribution in [0.4, 0.5) is 5.69 Å². The van der Waals surface area contributed by atoms with Gasteiger partial charge in [-0.3, -0.25) is 0 Å². The topological polar surface area (TPSA) is 35.2 Å². The molecule has 0 bridgehead atoms. The maximum atomic E-state index is 6.23. The predicted octanol–water partition coefficient (Wildman–Crippen LogP) is 4.73. The molecular formula is C16H25NOS. The summed E-state index contributed by atoms with van der Waals surface area (Å²) in [6, 6.07) is 6.15. The Hall–Kier alpha value is -0.830. The molecule has 2 nitrogen and oxygen atoms in total. The largest absolute Gasteiger partial charge is 0.491 e. The Balaban J connectivity index is 2.03. The van der Waals surface area contributed by atoms with E-state index in [1.165, 1.54) is 30.6 Å². The van der Waals surface area contributed by atoms with Gasteiger partial charge in [0, 0.05) is 10.1 Å². The highest BCUT2D eigenvalue weighted by atomic mass is 32.2. The number of hydrogen-bond acceptors (Lipinski definition) is 3. The van der Waals surface area contributed by atoms with Gasteiger partial charge in [-0.25, -0.2) is 0 Å². The average molecular weight is 279 g/mol. The molecule has 106 valence electrons. The van der Waals surface area contributed by atoms with Gasteiger partial charge in [0.15, 0.2) is 0 Å². The molecule has 2 atom stereocenters. The lowest BCUT2D eigenvalue weighted by molar-refractivity contribution is 0.318. The van der Waals surface area contributed by atoms with Crippen molar-refractivity contribution in [1.29, 1.82) is 0 Å². The maximum Gasteiger partial charge on any atom is 0.143 e. The monoisotopic (exact) mass is 279 g/mol. The van der Waals surface area contributed by atoms with Crippen LogP contribution >= 0.6 is 11.8 Å². The Bertz CT molecular complexity index is 408. The van der Waals surface area contributed by atoms with Crippen LogP contribution < -0.4 is 10.5 Å². The molecule has 2 unspecified atom stereocenters. The molecule has 0 aromatic heterocycles. The quantitative estimate of drug-likeness (QED) is 0.791. The van der Waals surface area contributed by atoms with Crippen molar-refractivity contribution < 1.29 is 4.74 Å². The summed E-state index contributed by atoms with van der Waals surface area (Å²) in [6.07, 6.45) is 6.37. The summed E-state index contributed by atoms with van der Waals surface area (Å²) in [7, 11) is 0. The van der Waals surface area contributed by atoms with Crippen LogP contribution in [0.25, 0.3) is 0 Å². The summed E-state index contributed by atoms with van der Waals surface area (Å²) in [5.74, 6) is 1.70. The smallest absolute Gasteiger partial charge is 0.143 e. The predicted molar refractivity (Wildman–Crippen MR) is 83.9 cm³/mol. The molecule has 2 rings (SSSR count). The van der Waals surface area contributed by atoms with Crippen molar-refractivity contribution in [3.05, 3.63) is 18.2 Å². The first-order chi connectivity index (χ1) is 9.20. The fourth-order valence-electron chi connectivity index (χ4n) is 2.63. The first-order valence-electron chi connectivity index (χ1n) is 7.38. The van der Waals surface area contributed by atoms with E-state index in [4.69, 9.17) is 10.5 Å². The van der Waals surface area contributed by atoms with E-state index in [1.54, 1.807) is 0 Å². The lowest BCUT2D eigenvalue weighted by Gasteiger charge is -2.26. The second kappa shape index (κ2) is 7.09. The minimum absolute atomic E-state index is 0.715. The number of nitrogen functional groups attached to an aromatic ring is 1. The van der Waals surface area contributed by atoms with E-state index in [2.05, 4.69) is 26.0 Å². The fourth-order valence-corrected chi connectivity index (χ4v) is 4.08. The number of benzene rings is 1. The molecule has 1 aromatic rings. The SMILES string of the molecule is CCCOc1cccc(SC2CCCC(C)C2)c1N. The van der Waals surface area contributed by atoms with Crippen LogP contribution in [-0.4, -0.2) is 11.9 Å². The maximum absolute atomic E-state index is 6.23. The number of ether oxygens (including phenoxy) is 1. The number of anilines is 1. The van der Waals surface area contributed by atoms with E-state index in [9.17, 15) is 0 Å². The summed E-state index contributed by atoms with van der Waals surface area (Å²) in [4.78, 5) is 1.19. The van der Waals surface area contributed by atoms with Crippen molar-refractivity contribution in [2.45, 2.75) is 56.1 Å². The van der Waals surface area contributed by atoms with Crippen LogP contribution in [0, 0.1) is 5.92 Å². The van der Waals surface area contributed by atoms with Gasteiger partial charge in [0.05, 0.1) is 12.3 Å². The Kier molecular flexibility index (Phi) is 5.44. The normalized spacial score (nSPS) is 23.3. The van der Waals surface area contributed by atoms with Crippen LogP contribution in [0.5, 0.6) is 5.75 Å². The molecule has 1 aromatic carbocycles. The van der Waals surface area contributed by atoms with Gasteiger partial charge in [-0.15, -0.1) is 11.8 Å². The molecule has 3 heteroatoms. The molecule has 0 saturated heterocycles. The van der Waals surface area contributed by atoms with Gasteiger partial charge < -0.3 is 10.5 Å². The molecule has 0 spiro atoms. The summed E-state index contributed by atoms with van der Waals surface area (Å²) in [5, 5.41) is 0.715. The number of para-hydroxylation sites is 1. The molecule has 0 amide bonds. The number of nitrogens with two attached hydrogens (primary N) is 1. The van der Waals surface area contributed by atoms with Crippen molar-refractivity contribution in [1.82, 2.24) is 0 Å². The molecule has 1 aliphatic carbocycles. The van der Waals surface area contributed by atoms with Gasteiger partial charge in [-0.05, 0) is 37.3 Å². The molecule has 2 N–H and O–H groups in total. The minimum atomic E-state index is 0.715. The van der Waals surface area contributed by atoms with Gasteiger partial charge in [-0.2, -0.15) is 0 Å². The van der Waals surface area contributed by atoms with E-state index >= 15 is 0 Å². The zero-order valence-corrected chi connectivity index (χ0v) is 12.8. The Morgan fingerprint density at radius 1 is 1.37 bits per heavy atom. The van der Waals surface area contributed by atoms with E-state index in [-0.39, 0.29) is 0 Å². The van der Waals surface area contributed by atoms with Crippen LogP contribution in [0.2, 0.25) is 0 Å². The number of hydrogen-bond donors (Lipinski definition) is 1. The average Bonchev–Trinajstić information content (AvgIpc) is 2.40. The second-order valence-electron chi connectivity index (χ2n) is 5.53. The molecule has 19 heavy (non-hydrogen) atoms. The minimum Gasteiger partial charge on any atom is -0.491 e. The van der Waals surface area contributed by atoms with Gasteiger partial charge in [-0.1, -0.05) is 32.8 Å². The van der Waals surface area contributed by atoms with Crippen molar-refractivity contribution >= 4 is 17.4 Å². The van der Waals surface area contributed by atoms with Gasteiger partial charge in [0.1, 0.15) is 5.75 Å². The Labute approximate surface area is 121 Å². The molecule has 1 saturated carbocycles. The molecule has 1 fully saturated rings. The molecule has 0 heterocycles. The molecule has 0 radical (unpaired) electrons. The van der Waals surface area contributed by atoms with Crippen LogP contribution in [0.1, 0.15) is 46.0 Å². The van der Waals surface area contributed by atoms with Crippen LogP contribution in [0.15, 0.2) is 23.1 Å². The molecule has 0 aliphatic heterocycles. The highest BCUT2D eigenvalue weighted by Crippen LogP contribution is 2.40. The van der Waals surface area contributed by atoms with E-state index in [0.717, 1.165) is 30.4 Å². The lowest BCUT2D eigenvalue weighted by Crippen LogP contribution is -2.15.